The van der Waals surface area contributed by atoms with Crippen molar-refractivity contribution in [3.63, 3.8) is 0 Å². The highest BCUT2D eigenvalue weighted by Gasteiger charge is 2.18. The van der Waals surface area contributed by atoms with Crippen LogP contribution in [0.3, 0.4) is 0 Å². The molecule has 0 fully saturated rings. The number of benzene rings is 4. The van der Waals surface area contributed by atoms with Crippen molar-refractivity contribution in [2.24, 2.45) is 0 Å². The van der Waals surface area contributed by atoms with Gasteiger partial charge in [0.05, 0.1) is 0 Å². The van der Waals surface area contributed by atoms with Crippen molar-refractivity contribution in [3.05, 3.63) is 137 Å². The summed E-state index contributed by atoms with van der Waals surface area (Å²) in [5.74, 6) is 0. The van der Waals surface area contributed by atoms with Crippen LogP contribution in [0, 0.1) is 0 Å². The van der Waals surface area contributed by atoms with Crippen LogP contribution in [0.15, 0.2) is 132 Å². The third-order valence-electron chi connectivity index (χ3n) is 5.86. The Morgan fingerprint density at radius 2 is 1.19 bits per heavy atom. The number of nitrogens with zero attached hydrogens (tertiary/aromatic N) is 1. The van der Waals surface area contributed by atoms with Gasteiger partial charge in [-0.3, -0.25) is 0 Å². The lowest BCUT2D eigenvalue weighted by Crippen LogP contribution is -2.17. The average Bonchev–Trinajstić information content (AvgIpc) is 2.86. The first-order valence-electron chi connectivity index (χ1n) is 10.9. The first-order chi connectivity index (χ1) is 15.8. The Kier molecular flexibility index (Phi) is 6.04. The molecule has 0 aliphatic heterocycles. The van der Waals surface area contributed by atoms with Gasteiger partial charge >= 0.3 is 0 Å². The van der Waals surface area contributed by atoms with E-state index in [1.54, 1.807) is 0 Å². The molecule has 1 nitrogen and oxygen atoms in total. The van der Waals surface area contributed by atoms with E-state index in [0.29, 0.717) is 0 Å². The zero-order valence-electron chi connectivity index (χ0n) is 17.8. The van der Waals surface area contributed by atoms with Crippen LogP contribution < -0.4 is 4.90 Å². The SMILES string of the molecule is Brc1cccc(N(C2=CC=C(c3ccccc3)CC2)c2ccc(-c3ccccc3)cc2)c1. The van der Waals surface area contributed by atoms with Gasteiger partial charge in [0.1, 0.15) is 0 Å². The topological polar surface area (TPSA) is 3.24 Å². The van der Waals surface area contributed by atoms with E-state index in [9.17, 15) is 0 Å². The smallest absolute Gasteiger partial charge is 0.0469 e. The van der Waals surface area contributed by atoms with Crippen molar-refractivity contribution < 1.29 is 0 Å². The molecule has 4 aromatic rings. The summed E-state index contributed by atoms with van der Waals surface area (Å²) in [6.07, 6.45) is 6.57. The molecule has 0 saturated carbocycles. The normalized spacial score (nSPS) is 13.3. The van der Waals surface area contributed by atoms with Crippen molar-refractivity contribution in [3.8, 4) is 11.1 Å². The molecule has 0 radical (unpaired) electrons. The maximum absolute atomic E-state index is 3.65. The Bertz CT molecular complexity index is 1260. The van der Waals surface area contributed by atoms with Gasteiger partial charge < -0.3 is 4.90 Å². The van der Waals surface area contributed by atoms with Gasteiger partial charge in [-0.25, -0.2) is 0 Å². The molecule has 0 bridgehead atoms. The predicted octanol–water partition coefficient (Wildman–Crippen LogP) is 9.02. The van der Waals surface area contributed by atoms with Gasteiger partial charge in [-0.2, -0.15) is 0 Å². The van der Waals surface area contributed by atoms with Crippen molar-refractivity contribution in [1.29, 1.82) is 0 Å². The van der Waals surface area contributed by atoms with Crippen LogP contribution in [0.1, 0.15) is 18.4 Å². The highest BCUT2D eigenvalue weighted by Crippen LogP contribution is 2.37. The summed E-state index contributed by atoms with van der Waals surface area (Å²) in [7, 11) is 0. The van der Waals surface area contributed by atoms with Crippen LogP contribution in [-0.2, 0) is 0 Å². The molecule has 32 heavy (non-hydrogen) atoms. The maximum Gasteiger partial charge on any atom is 0.0469 e. The van der Waals surface area contributed by atoms with Crippen LogP contribution in [0.25, 0.3) is 16.7 Å². The summed E-state index contributed by atoms with van der Waals surface area (Å²) in [5, 5.41) is 0. The van der Waals surface area contributed by atoms with E-state index in [2.05, 4.69) is 142 Å². The third-order valence-corrected chi connectivity index (χ3v) is 6.35. The van der Waals surface area contributed by atoms with E-state index in [0.717, 1.165) is 23.0 Å². The Morgan fingerprint density at radius 1 is 0.531 bits per heavy atom. The van der Waals surface area contributed by atoms with Gasteiger partial charge in [-0.1, -0.05) is 101 Å². The van der Waals surface area contributed by atoms with E-state index in [1.807, 2.05) is 0 Å². The molecule has 5 rings (SSSR count). The molecule has 0 unspecified atom stereocenters. The fraction of sp³-hybridized carbons (Fsp3) is 0.0667. The zero-order chi connectivity index (χ0) is 21.8. The second-order valence-electron chi connectivity index (χ2n) is 7.94. The van der Waals surface area contributed by atoms with Crippen molar-refractivity contribution in [2.75, 3.05) is 4.90 Å². The molecule has 0 heterocycles. The first-order valence-corrected chi connectivity index (χ1v) is 11.7. The van der Waals surface area contributed by atoms with Gasteiger partial charge in [0, 0.05) is 21.5 Å². The lowest BCUT2D eigenvalue weighted by molar-refractivity contribution is 0.930. The summed E-state index contributed by atoms with van der Waals surface area (Å²) >= 11 is 3.65. The third kappa shape index (κ3) is 4.46. The average molecular weight is 478 g/mol. The molecule has 0 saturated heterocycles. The molecule has 156 valence electrons. The summed E-state index contributed by atoms with van der Waals surface area (Å²) in [6.45, 7) is 0. The number of anilines is 2. The van der Waals surface area contributed by atoms with Crippen molar-refractivity contribution in [2.45, 2.75) is 12.8 Å². The highest BCUT2D eigenvalue weighted by molar-refractivity contribution is 9.10. The van der Waals surface area contributed by atoms with Crippen LogP contribution >= 0.6 is 15.9 Å². The molecule has 1 aliphatic carbocycles. The number of allylic oxidation sites excluding steroid dienone is 4. The van der Waals surface area contributed by atoms with Gasteiger partial charge in [0.25, 0.3) is 0 Å². The van der Waals surface area contributed by atoms with Gasteiger partial charge in [-0.15, -0.1) is 0 Å². The lowest BCUT2D eigenvalue weighted by atomic mass is 9.95. The monoisotopic (exact) mass is 477 g/mol. The summed E-state index contributed by atoms with van der Waals surface area (Å²) in [6, 6.07) is 38.6. The van der Waals surface area contributed by atoms with Crippen LogP contribution in [0.5, 0.6) is 0 Å². The predicted molar refractivity (Wildman–Crippen MR) is 140 cm³/mol. The quantitative estimate of drug-likeness (QED) is 0.277. The zero-order valence-corrected chi connectivity index (χ0v) is 19.4. The molecule has 2 heteroatoms. The number of rotatable bonds is 5. The van der Waals surface area contributed by atoms with E-state index >= 15 is 0 Å². The van der Waals surface area contributed by atoms with Crippen LogP contribution in [0.2, 0.25) is 0 Å². The maximum atomic E-state index is 3.65. The van der Waals surface area contributed by atoms with Crippen LogP contribution in [-0.4, -0.2) is 0 Å². The molecule has 0 atom stereocenters. The van der Waals surface area contributed by atoms with E-state index < -0.39 is 0 Å². The highest BCUT2D eigenvalue weighted by atomic mass is 79.9. The fourth-order valence-electron chi connectivity index (χ4n) is 4.23. The lowest BCUT2D eigenvalue weighted by Gasteiger charge is -2.30. The number of halogens is 1. The molecule has 1 aliphatic rings. The Hall–Kier alpha value is -3.36. The van der Waals surface area contributed by atoms with Gasteiger partial charge in [0.15, 0.2) is 0 Å². The van der Waals surface area contributed by atoms with Gasteiger partial charge in [0.2, 0.25) is 0 Å². The largest absolute Gasteiger partial charge is 0.314 e. The standard InChI is InChI=1S/C30H24BrN/c31-27-12-7-13-30(22-27)32(28-18-14-25(15-19-28)23-8-3-1-4-9-23)29-20-16-26(17-21-29)24-10-5-2-6-11-24/h1-16,18-20,22H,17,21H2. The molecule has 4 aromatic carbocycles. The Labute approximate surface area is 198 Å². The van der Waals surface area contributed by atoms with Crippen molar-refractivity contribution in [1.82, 2.24) is 0 Å². The van der Waals surface area contributed by atoms with E-state index in [1.165, 1.54) is 33.6 Å². The fourth-order valence-corrected chi connectivity index (χ4v) is 4.62. The Morgan fingerprint density at radius 3 is 1.81 bits per heavy atom. The van der Waals surface area contributed by atoms with Crippen LogP contribution in [0.4, 0.5) is 11.4 Å². The van der Waals surface area contributed by atoms with E-state index in [4.69, 9.17) is 0 Å². The van der Waals surface area contributed by atoms with Gasteiger partial charge in [-0.05, 0) is 71.5 Å². The molecule has 0 spiro atoms. The number of hydrogen-bond donors (Lipinski definition) is 0. The summed E-state index contributed by atoms with van der Waals surface area (Å²) < 4.78 is 1.08. The molecule has 0 N–H and O–H groups in total. The summed E-state index contributed by atoms with van der Waals surface area (Å²) in [4.78, 5) is 2.37. The molecule has 0 aromatic heterocycles. The summed E-state index contributed by atoms with van der Waals surface area (Å²) in [5.41, 5.74) is 8.80. The van der Waals surface area contributed by atoms with Crippen molar-refractivity contribution >= 4 is 32.9 Å². The first kappa shape index (κ1) is 20.5. The second-order valence-corrected chi connectivity index (χ2v) is 8.86. The Balaban J connectivity index is 1.52. The molecular formula is C30H24BrN. The minimum absolute atomic E-state index is 0.994. The molecule has 0 amide bonds. The number of hydrogen-bond acceptors (Lipinski definition) is 1. The minimum Gasteiger partial charge on any atom is -0.314 e. The molecular weight excluding hydrogens is 454 g/mol. The second kappa shape index (κ2) is 9.42. The minimum atomic E-state index is 0.994. The van der Waals surface area contributed by atoms with E-state index in [-0.39, 0.29) is 0 Å².